The number of alkyl halides is 3. The van der Waals surface area contributed by atoms with Crippen molar-refractivity contribution in [2.75, 3.05) is 13.6 Å². The van der Waals surface area contributed by atoms with Crippen molar-refractivity contribution >= 4 is 29.9 Å². The van der Waals surface area contributed by atoms with Crippen molar-refractivity contribution in [2.24, 2.45) is 4.99 Å². The number of halogens is 4. The fraction of sp³-hybridized carbons (Fsp3) is 0.333. The molecule has 1 aromatic carbocycles. The van der Waals surface area contributed by atoms with Crippen LogP contribution in [0.3, 0.4) is 0 Å². The Balaban J connectivity index is 0.00000288. The third-order valence-electron chi connectivity index (χ3n) is 3.15. The highest BCUT2D eigenvalue weighted by atomic mass is 127. The zero-order chi connectivity index (χ0) is 16.7. The lowest BCUT2D eigenvalue weighted by atomic mass is 10.1. The number of guanidine groups is 1. The number of benzene rings is 1. The lowest BCUT2D eigenvalue weighted by molar-refractivity contribution is -0.132. The maximum atomic E-state index is 12.2. The lowest BCUT2D eigenvalue weighted by Gasteiger charge is -2.15. The predicted molar refractivity (Wildman–Crippen MR) is 97.9 cm³/mol. The largest absolute Gasteiger partial charge is 0.390 e. The number of nitrogens with one attached hydrogen (secondary N) is 2. The Bertz CT molecular complexity index is 641. The fourth-order valence-corrected chi connectivity index (χ4v) is 2.04. The zero-order valence-electron chi connectivity index (χ0n) is 13.0. The van der Waals surface area contributed by atoms with E-state index in [4.69, 9.17) is 0 Å². The van der Waals surface area contributed by atoms with Gasteiger partial charge in [0.2, 0.25) is 0 Å². The van der Waals surface area contributed by atoms with Crippen molar-refractivity contribution in [2.45, 2.75) is 19.1 Å². The van der Waals surface area contributed by atoms with Crippen LogP contribution in [0.25, 0.3) is 5.69 Å². The lowest BCUT2D eigenvalue weighted by Crippen LogP contribution is -2.38. The van der Waals surface area contributed by atoms with Gasteiger partial charge in [0.05, 0.1) is 18.4 Å². The number of imidazole rings is 1. The molecule has 5 nitrogen and oxygen atoms in total. The molecular weight excluding hydrogens is 434 g/mol. The SMILES string of the molecule is CN=C(NCCC(F)(F)F)NCc1ccccc1-n1ccnc1.I. The van der Waals surface area contributed by atoms with Crippen molar-refractivity contribution in [3.8, 4) is 5.69 Å². The summed E-state index contributed by atoms with van der Waals surface area (Å²) in [4.78, 5) is 7.94. The van der Waals surface area contributed by atoms with E-state index in [9.17, 15) is 13.2 Å². The van der Waals surface area contributed by atoms with Crippen LogP contribution in [0.1, 0.15) is 12.0 Å². The van der Waals surface area contributed by atoms with Crippen LogP contribution in [0.4, 0.5) is 13.2 Å². The minimum atomic E-state index is -4.18. The monoisotopic (exact) mass is 453 g/mol. The van der Waals surface area contributed by atoms with E-state index in [1.807, 2.05) is 35.0 Å². The van der Waals surface area contributed by atoms with Gasteiger partial charge in [-0.2, -0.15) is 13.2 Å². The Hall–Kier alpha value is -1.78. The van der Waals surface area contributed by atoms with Crippen LogP contribution in [0.5, 0.6) is 0 Å². The van der Waals surface area contributed by atoms with Crippen molar-refractivity contribution in [1.29, 1.82) is 0 Å². The van der Waals surface area contributed by atoms with E-state index in [0.717, 1.165) is 11.3 Å². The topological polar surface area (TPSA) is 54.2 Å². The van der Waals surface area contributed by atoms with Gasteiger partial charge in [0.25, 0.3) is 0 Å². The fourth-order valence-electron chi connectivity index (χ4n) is 2.04. The molecule has 2 rings (SSSR count). The molecule has 0 spiro atoms. The molecule has 0 aliphatic carbocycles. The number of para-hydroxylation sites is 1. The molecule has 0 bridgehead atoms. The summed E-state index contributed by atoms with van der Waals surface area (Å²) < 4.78 is 38.4. The maximum absolute atomic E-state index is 12.2. The Morgan fingerprint density at radius 1 is 1.25 bits per heavy atom. The highest BCUT2D eigenvalue weighted by Crippen LogP contribution is 2.18. The van der Waals surface area contributed by atoms with E-state index in [0.29, 0.717) is 12.5 Å². The normalized spacial score (nSPS) is 11.8. The third kappa shape index (κ3) is 6.38. The molecule has 0 unspecified atom stereocenters. The minimum Gasteiger partial charge on any atom is -0.356 e. The van der Waals surface area contributed by atoms with Gasteiger partial charge in [0, 0.05) is 32.5 Å². The average molecular weight is 453 g/mol. The first-order valence-electron chi connectivity index (χ1n) is 7.07. The van der Waals surface area contributed by atoms with Crippen molar-refractivity contribution in [3.05, 3.63) is 48.5 Å². The molecule has 0 atom stereocenters. The number of aliphatic imine (C=N–C) groups is 1. The van der Waals surface area contributed by atoms with Gasteiger partial charge in [-0.15, -0.1) is 24.0 Å². The first-order chi connectivity index (χ1) is 11.0. The van der Waals surface area contributed by atoms with E-state index in [2.05, 4.69) is 20.6 Å². The van der Waals surface area contributed by atoms with Gasteiger partial charge >= 0.3 is 6.18 Å². The Morgan fingerprint density at radius 3 is 2.62 bits per heavy atom. The van der Waals surface area contributed by atoms with E-state index >= 15 is 0 Å². The molecule has 0 saturated carbocycles. The summed E-state index contributed by atoms with van der Waals surface area (Å²) in [6.07, 6.45) is 0.117. The molecule has 0 fully saturated rings. The van der Waals surface area contributed by atoms with Crippen LogP contribution >= 0.6 is 24.0 Å². The molecule has 2 aromatic rings. The molecule has 24 heavy (non-hydrogen) atoms. The van der Waals surface area contributed by atoms with Crippen molar-refractivity contribution in [3.63, 3.8) is 0 Å². The predicted octanol–water partition coefficient (Wildman–Crippen LogP) is 3.11. The Kier molecular flexibility index (Phi) is 8.02. The second-order valence-electron chi connectivity index (χ2n) is 4.82. The molecule has 9 heteroatoms. The Labute approximate surface area is 155 Å². The zero-order valence-corrected chi connectivity index (χ0v) is 15.4. The number of rotatable bonds is 5. The summed E-state index contributed by atoms with van der Waals surface area (Å²) in [5.74, 6) is 0.328. The second kappa shape index (κ2) is 9.50. The molecule has 1 heterocycles. The standard InChI is InChI=1S/C15H18F3N5.HI/c1-19-14(21-7-6-15(16,17)18)22-10-12-4-2-3-5-13(12)23-9-8-20-11-23;/h2-5,8-9,11H,6-7,10H2,1H3,(H2,19,21,22);1H. The van der Waals surface area contributed by atoms with Crippen LogP contribution in [-0.4, -0.2) is 35.3 Å². The first kappa shape index (κ1) is 20.3. The summed E-state index contributed by atoms with van der Waals surface area (Å²) >= 11 is 0. The maximum Gasteiger partial charge on any atom is 0.390 e. The van der Waals surface area contributed by atoms with Crippen LogP contribution in [0.2, 0.25) is 0 Å². The summed E-state index contributed by atoms with van der Waals surface area (Å²) in [6, 6.07) is 7.69. The van der Waals surface area contributed by atoms with Gasteiger partial charge in [-0.25, -0.2) is 4.98 Å². The first-order valence-corrected chi connectivity index (χ1v) is 7.07. The highest BCUT2D eigenvalue weighted by molar-refractivity contribution is 14.0. The van der Waals surface area contributed by atoms with Gasteiger partial charge in [-0.1, -0.05) is 18.2 Å². The molecule has 0 aliphatic heterocycles. The highest BCUT2D eigenvalue weighted by Gasteiger charge is 2.26. The third-order valence-corrected chi connectivity index (χ3v) is 3.15. The van der Waals surface area contributed by atoms with Gasteiger partial charge in [-0.3, -0.25) is 4.99 Å². The van der Waals surface area contributed by atoms with E-state index in [1.54, 1.807) is 12.5 Å². The summed E-state index contributed by atoms with van der Waals surface area (Å²) in [6.45, 7) is 0.215. The molecule has 1 aromatic heterocycles. The molecule has 2 N–H and O–H groups in total. The number of hydrogen-bond acceptors (Lipinski definition) is 2. The molecule has 0 aliphatic rings. The van der Waals surface area contributed by atoms with E-state index in [1.165, 1.54) is 7.05 Å². The van der Waals surface area contributed by atoms with Crippen LogP contribution in [0, 0.1) is 0 Å². The van der Waals surface area contributed by atoms with Gasteiger partial charge in [-0.05, 0) is 11.6 Å². The number of hydrogen-bond donors (Lipinski definition) is 2. The smallest absolute Gasteiger partial charge is 0.356 e. The summed E-state index contributed by atoms with van der Waals surface area (Å²) in [5, 5.41) is 5.66. The van der Waals surface area contributed by atoms with E-state index < -0.39 is 12.6 Å². The summed E-state index contributed by atoms with van der Waals surface area (Å²) in [7, 11) is 1.52. The van der Waals surface area contributed by atoms with Gasteiger partial charge < -0.3 is 15.2 Å². The summed E-state index contributed by atoms with van der Waals surface area (Å²) in [5.41, 5.74) is 1.92. The Morgan fingerprint density at radius 2 is 2.00 bits per heavy atom. The number of aromatic nitrogens is 2. The van der Waals surface area contributed by atoms with Gasteiger partial charge in [0.15, 0.2) is 5.96 Å². The van der Waals surface area contributed by atoms with E-state index in [-0.39, 0.29) is 30.5 Å². The van der Waals surface area contributed by atoms with Gasteiger partial charge in [0.1, 0.15) is 0 Å². The second-order valence-corrected chi connectivity index (χ2v) is 4.82. The van der Waals surface area contributed by atoms with Crippen LogP contribution < -0.4 is 10.6 Å². The molecule has 132 valence electrons. The molecule has 0 amide bonds. The molecule has 0 radical (unpaired) electrons. The van der Waals surface area contributed by atoms with Crippen molar-refractivity contribution in [1.82, 2.24) is 20.2 Å². The van der Waals surface area contributed by atoms with Crippen LogP contribution in [0.15, 0.2) is 48.0 Å². The van der Waals surface area contributed by atoms with Crippen molar-refractivity contribution < 1.29 is 13.2 Å². The van der Waals surface area contributed by atoms with Crippen LogP contribution in [-0.2, 0) is 6.54 Å². The average Bonchev–Trinajstić information content (AvgIpc) is 3.04. The number of nitrogens with zero attached hydrogens (tertiary/aromatic N) is 3. The quantitative estimate of drug-likeness (QED) is 0.416. The molecule has 0 saturated heterocycles. The minimum absolute atomic E-state index is 0. The molecular formula is C15H19F3IN5.